The van der Waals surface area contributed by atoms with Gasteiger partial charge < -0.3 is 10.7 Å². The molecule has 0 aliphatic heterocycles. The molecular weight excluding hydrogens is 324 g/mol. The van der Waals surface area contributed by atoms with Crippen molar-refractivity contribution in [1.29, 1.82) is 0 Å². The quantitative estimate of drug-likeness (QED) is 0.640. The summed E-state index contributed by atoms with van der Waals surface area (Å²) >= 11 is 0. The maximum absolute atomic E-state index is 5.72. The first-order valence-corrected chi connectivity index (χ1v) is 9.52. The highest BCUT2D eigenvalue weighted by molar-refractivity contribution is 5.69. The number of pyridine rings is 2. The molecule has 3 N–H and O–H groups in total. The molecule has 26 heavy (non-hydrogen) atoms. The Morgan fingerprint density at radius 2 is 2.04 bits per heavy atom. The number of imidazole rings is 1. The number of aromatic nitrogens is 4. The highest BCUT2D eigenvalue weighted by atomic mass is 15.2. The molecular formula is C20H26N6. The topological polar surface area (TPSA) is 83.7 Å². The molecule has 1 aliphatic carbocycles. The first-order valence-electron chi connectivity index (χ1n) is 9.52. The van der Waals surface area contributed by atoms with Crippen LogP contribution in [-0.4, -0.2) is 37.9 Å². The maximum Gasteiger partial charge on any atom is 0.177 e. The van der Waals surface area contributed by atoms with Crippen molar-refractivity contribution in [2.24, 2.45) is 5.73 Å². The van der Waals surface area contributed by atoms with Crippen LogP contribution in [0.3, 0.4) is 0 Å². The van der Waals surface area contributed by atoms with E-state index >= 15 is 0 Å². The van der Waals surface area contributed by atoms with Crippen LogP contribution < -0.4 is 5.73 Å². The summed E-state index contributed by atoms with van der Waals surface area (Å²) in [5.41, 5.74) is 10.1. The van der Waals surface area contributed by atoms with E-state index in [1.54, 1.807) is 6.20 Å². The third kappa shape index (κ3) is 3.61. The SMILES string of the molecule is NCCCCN(Cc1nc2ncccc2[nH]1)C1CCCc2cccnc21. The van der Waals surface area contributed by atoms with Crippen LogP contribution in [0, 0.1) is 0 Å². The molecule has 0 aromatic carbocycles. The Bertz CT molecular complexity index is 825. The molecule has 0 saturated carbocycles. The summed E-state index contributed by atoms with van der Waals surface area (Å²) in [4.78, 5) is 19.7. The van der Waals surface area contributed by atoms with Gasteiger partial charge in [-0.15, -0.1) is 0 Å². The number of unbranched alkanes of at least 4 members (excludes halogenated alkanes) is 1. The van der Waals surface area contributed by atoms with Gasteiger partial charge in [0.1, 0.15) is 5.82 Å². The van der Waals surface area contributed by atoms with Crippen molar-refractivity contribution in [3.8, 4) is 0 Å². The number of hydrogen-bond donors (Lipinski definition) is 2. The smallest absolute Gasteiger partial charge is 0.177 e. The lowest BCUT2D eigenvalue weighted by atomic mass is 9.90. The van der Waals surface area contributed by atoms with E-state index in [2.05, 4.69) is 25.9 Å². The maximum atomic E-state index is 5.72. The number of rotatable bonds is 7. The van der Waals surface area contributed by atoms with Crippen molar-refractivity contribution in [3.63, 3.8) is 0 Å². The number of fused-ring (bicyclic) bond motifs is 2. The summed E-state index contributed by atoms with van der Waals surface area (Å²) in [6.45, 7) is 2.52. The van der Waals surface area contributed by atoms with E-state index in [4.69, 9.17) is 10.7 Å². The van der Waals surface area contributed by atoms with E-state index in [1.807, 2.05) is 24.4 Å². The van der Waals surface area contributed by atoms with Gasteiger partial charge >= 0.3 is 0 Å². The van der Waals surface area contributed by atoms with Gasteiger partial charge in [-0.25, -0.2) is 9.97 Å². The van der Waals surface area contributed by atoms with Gasteiger partial charge in [0.2, 0.25) is 0 Å². The molecule has 136 valence electrons. The minimum absolute atomic E-state index is 0.346. The lowest BCUT2D eigenvalue weighted by Gasteiger charge is -2.34. The van der Waals surface area contributed by atoms with E-state index in [1.165, 1.54) is 17.7 Å². The predicted octanol–water partition coefficient (Wildman–Crippen LogP) is 2.97. The van der Waals surface area contributed by atoms with E-state index in [0.29, 0.717) is 6.04 Å². The first-order chi connectivity index (χ1) is 12.8. The second-order valence-electron chi connectivity index (χ2n) is 6.98. The molecule has 6 nitrogen and oxygen atoms in total. The number of nitrogens with two attached hydrogens (primary N) is 1. The summed E-state index contributed by atoms with van der Waals surface area (Å²) in [7, 11) is 0. The van der Waals surface area contributed by atoms with Crippen molar-refractivity contribution >= 4 is 11.2 Å². The first kappa shape index (κ1) is 17.1. The third-order valence-corrected chi connectivity index (χ3v) is 5.16. The van der Waals surface area contributed by atoms with E-state index in [9.17, 15) is 0 Å². The number of nitrogens with zero attached hydrogens (tertiary/aromatic N) is 4. The normalized spacial score (nSPS) is 16.9. The van der Waals surface area contributed by atoms with Crippen LogP contribution in [0.2, 0.25) is 0 Å². The molecule has 0 radical (unpaired) electrons. The third-order valence-electron chi connectivity index (χ3n) is 5.16. The van der Waals surface area contributed by atoms with Crippen molar-refractivity contribution in [2.75, 3.05) is 13.1 Å². The Hall–Kier alpha value is -2.31. The van der Waals surface area contributed by atoms with Crippen molar-refractivity contribution < 1.29 is 0 Å². The molecule has 0 bridgehead atoms. The summed E-state index contributed by atoms with van der Waals surface area (Å²) < 4.78 is 0. The van der Waals surface area contributed by atoms with Crippen molar-refractivity contribution in [3.05, 3.63) is 53.7 Å². The van der Waals surface area contributed by atoms with Crippen molar-refractivity contribution in [2.45, 2.75) is 44.7 Å². The fourth-order valence-electron chi connectivity index (χ4n) is 3.91. The molecule has 4 rings (SSSR count). The molecule has 0 amide bonds. The van der Waals surface area contributed by atoms with E-state index < -0.39 is 0 Å². The number of nitrogens with one attached hydrogen (secondary N) is 1. The van der Waals surface area contributed by atoms with Crippen LogP contribution in [0.5, 0.6) is 0 Å². The summed E-state index contributed by atoms with van der Waals surface area (Å²) in [6, 6.07) is 8.57. The number of aromatic amines is 1. The van der Waals surface area contributed by atoms with Gasteiger partial charge in [0, 0.05) is 12.4 Å². The van der Waals surface area contributed by atoms with Gasteiger partial charge in [-0.3, -0.25) is 9.88 Å². The van der Waals surface area contributed by atoms with Gasteiger partial charge in [0.15, 0.2) is 5.65 Å². The lowest BCUT2D eigenvalue weighted by molar-refractivity contribution is 0.159. The van der Waals surface area contributed by atoms with Crippen LogP contribution in [0.1, 0.15) is 48.8 Å². The molecule has 0 fully saturated rings. The number of hydrogen-bond acceptors (Lipinski definition) is 5. The number of H-pyrrole nitrogens is 1. The molecule has 1 atom stereocenters. The molecule has 3 aromatic rings. The van der Waals surface area contributed by atoms with Gasteiger partial charge in [-0.2, -0.15) is 0 Å². The number of aryl methyl sites for hydroxylation is 1. The molecule has 3 heterocycles. The van der Waals surface area contributed by atoms with Crippen LogP contribution in [0.25, 0.3) is 11.2 Å². The molecule has 0 saturated heterocycles. The Morgan fingerprint density at radius 1 is 1.15 bits per heavy atom. The minimum Gasteiger partial charge on any atom is -0.340 e. The molecule has 3 aromatic heterocycles. The standard InChI is InChI=1S/C20H26N6/c21-10-1-2-13-26(14-18-24-16-8-5-12-23-20(16)25-18)17-9-3-6-15-7-4-11-22-19(15)17/h4-5,7-8,11-12,17H,1-3,6,9-10,13-14,21H2,(H,23,24,25). The van der Waals surface area contributed by atoms with Gasteiger partial charge in [-0.05, 0) is 69.0 Å². The fraction of sp³-hybridized carbons (Fsp3) is 0.450. The average molecular weight is 350 g/mol. The predicted molar refractivity (Wildman–Crippen MR) is 103 cm³/mol. The average Bonchev–Trinajstić information content (AvgIpc) is 3.09. The van der Waals surface area contributed by atoms with Gasteiger partial charge in [0.25, 0.3) is 0 Å². The van der Waals surface area contributed by atoms with Crippen molar-refractivity contribution in [1.82, 2.24) is 24.8 Å². The molecule has 0 spiro atoms. The highest BCUT2D eigenvalue weighted by Crippen LogP contribution is 2.33. The van der Waals surface area contributed by atoms with Crippen LogP contribution >= 0.6 is 0 Å². The van der Waals surface area contributed by atoms with Crippen LogP contribution in [0.15, 0.2) is 36.7 Å². The molecule has 1 unspecified atom stereocenters. The zero-order valence-corrected chi connectivity index (χ0v) is 15.1. The zero-order chi connectivity index (χ0) is 17.8. The van der Waals surface area contributed by atoms with E-state index in [0.717, 1.165) is 62.3 Å². The summed E-state index contributed by atoms with van der Waals surface area (Å²) in [6.07, 6.45) is 9.32. The van der Waals surface area contributed by atoms with Crippen LogP contribution in [0.4, 0.5) is 0 Å². The fourth-order valence-corrected chi connectivity index (χ4v) is 3.91. The Labute approximate surface area is 153 Å². The summed E-state index contributed by atoms with van der Waals surface area (Å²) in [5, 5.41) is 0. The Morgan fingerprint density at radius 3 is 2.92 bits per heavy atom. The van der Waals surface area contributed by atoms with Gasteiger partial charge in [0.05, 0.1) is 23.8 Å². The monoisotopic (exact) mass is 350 g/mol. The zero-order valence-electron chi connectivity index (χ0n) is 15.1. The van der Waals surface area contributed by atoms with Crippen LogP contribution in [-0.2, 0) is 13.0 Å². The second-order valence-corrected chi connectivity index (χ2v) is 6.98. The lowest BCUT2D eigenvalue weighted by Crippen LogP contribution is -2.33. The Kier molecular flexibility index (Phi) is 5.22. The minimum atomic E-state index is 0.346. The summed E-state index contributed by atoms with van der Waals surface area (Å²) in [5.74, 6) is 0.967. The van der Waals surface area contributed by atoms with Gasteiger partial charge in [-0.1, -0.05) is 6.07 Å². The highest BCUT2D eigenvalue weighted by Gasteiger charge is 2.27. The largest absolute Gasteiger partial charge is 0.340 e. The molecule has 6 heteroatoms. The Balaban J connectivity index is 1.60. The second kappa shape index (κ2) is 7.93. The molecule has 1 aliphatic rings. The van der Waals surface area contributed by atoms with E-state index in [-0.39, 0.29) is 0 Å².